The van der Waals surface area contributed by atoms with E-state index in [1.165, 1.54) is 0 Å². The van der Waals surface area contributed by atoms with Crippen molar-refractivity contribution in [3.05, 3.63) is 42.2 Å². The molecule has 0 unspecified atom stereocenters. The van der Waals surface area contributed by atoms with Gasteiger partial charge >= 0.3 is 0 Å². The summed E-state index contributed by atoms with van der Waals surface area (Å²) in [7, 11) is 3.87. The number of anilines is 1. The average Bonchev–Trinajstić information content (AvgIpc) is 3.03. The molecule has 1 aromatic heterocycles. The highest BCUT2D eigenvalue weighted by Gasteiger charge is 2.42. The van der Waals surface area contributed by atoms with Gasteiger partial charge in [-0.15, -0.1) is 0 Å². The fourth-order valence-electron chi connectivity index (χ4n) is 3.86. The first kappa shape index (κ1) is 18.5. The number of aromatic nitrogens is 2. The number of carbonyl (C=O) groups excluding carboxylic acids is 2. The van der Waals surface area contributed by atoms with Crippen molar-refractivity contribution in [3.63, 3.8) is 0 Å². The van der Waals surface area contributed by atoms with Gasteiger partial charge in [0.25, 0.3) is 5.91 Å². The van der Waals surface area contributed by atoms with Gasteiger partial charge in [-0.1, -0.05) is 12.1 Å². The fourth-order valence-corrected chi connectivity index (χ4v) is 3.86. The molecule has 1 fully saturated rings. The van der Waals surface area contributed by atoms with Gasteiger partial charge in [0.2, 0.25) is 5.91 Å². The highest BCUT2D eigenvalue weighted by Crippen LogP contribution is 2.35. The second-order valence-corrected chi connectivity index (χ2v) is 7.70. The first-order chi connectivity index (χ1) is 13.4. The summed E-state index contributed by atoms with van der Waals surface area (Å²) >= 11 is 0. The third-order valence-corrected chi connectivity index (χ3v) is 5.43. The van der Waals surface area contributed by atoms with E-state index in [4.69, 9.17) is 4.74 Å². The predicted molar refractivity (Wildman–Crippen MR) is 104 cm³/mol. The smallest absolute Gasteiger partial charge is 0.258 e. The molecule has 3 heterocycles. The molecule has 1 N–H and O–H groups in total. The molecule has 4 rings (SSSR count). The largest absolute Gasteiger partial charge is 0.484 e. The molecule has 8 nitrogen and oxygen atoms in total. The standard InChI is InChI=1S/C20H25N5O3/c1-23-9-7-20(8-10-23)14-25(13-18(26)22-15-11-21-24(2)12-15)19(27)16-5-3-4-6-17(16)28-20/h3-6,11-12H,7-10,13-14H2,1-2H3,(H,22,26). The molecule has 1 aromatic carbocycles. The van der Waals surface area contributed by atoms with Gasteiger partial charge in [-0.2, -0.15) is 5.10 Å². The Morgan fingerprint density at radius 3 is 2.71 bits per heavy atom. The SMILES string of the molecule is CN1CCC2(CC1)CN(CC(=O)Nc1cnn(C)c1)C(=O)c1ccccc1O2. The van der Waals surface area contributed by atoms with Crippen LogP contribution in [-0.2, 0) is 11.8 Å². The number of carbonyl (C=O) groups is 2. The average molecular weight is 383 g/mol. The van der Waals surface area contributed by atoms with Crippen molar-refractivity contribution in [2.75, 3.05) is 38.5 Å². The number of benzene rings is 1. The Bertz CT molecular complexity index is 885. The van der Waals surface area contributed by atoms with Crippen LogP contribution >= 0.6 is 0 Å². The van der Waals surface area contributed by atoms with Gasteiger partial charge in [-0.05, 0) is 19.2 Å². The lowest BCUT2D eigenvalue weighted by molar-refractivity contribution is -0.117. The third kappa shape index (κ3) is 3.73. The number of nitrogens with zero attached hydrogens (tertiary/aromatic N) is 4. The van der Waals surface area contributed by atoms with E-state index in [2.05, 4.69) is 22.4 Å². The molecule has 0 aliphatic carbocycles. The normalized spacial score (nSPS) is 19.1. The summed E-state index contributed by atoms with van der Waals surface area (Å²) in [5.41, 5.74) is 0.650. The van der Waals surface area contributed by atoms with E-state index in [9.17, 15) is 9.59 Å². The highest BCUT2D eigenvalue weighted by atomic mass is 16.5. The Morgan fingerprint density at radius 2 is 2.00 bits per heavy atom. The van der Waals surface area contributed by atoms with Crippen LogP contribution in [0, 0.1) is 0 Å². The van der Waals surface area contributed by atoms with Crippen molar-refractivity contribution in [1.82, 2.24) is 19.6 Å². The molecule has 148 valence electrons. The summed E-state index contributed by atoms with van der Waals surface area (Å²) in [6.07, 6.45) is 4.93. The Morgan fingerprint density at radius 1 is 1.25 bits per heavy atom. The van der Waals surface area contributed by atoms with Crippen LogP contribution in [0.4, 0.5) is 5.69 Å². The lowest BCUT2D eigenvalue weighted by Crippen LogP contribution is -2.54. The maximum absolute atomic E-state index is 13.2. The molecule has 1 spiro atoms. The minimum atomic E-state index is -0.469. The number of hydrogen-bond acceptors (Lipinski definition) is 5. The van der Waals surface area contributed by atoms with E-state index in [0.717, 1.165) is 25.9 Å². The number of nitrogens with one attached hydrogen (secondary N) is 1. The zero-order chi connectivity index (χ0) is 19.7. The summed E-state index contributed by atoms with van der Waals surface area (Å²) in [6, 6.07) is 7.30. The maximum atomic E-state index is 13.2. The van der Waals surface area contributed by atoms with Crippen LogP contribution < -0.4 is 10.1 Å². The summed E-state index contributed by atoms with van der Waals surface area (Å²) in [4.78, 5) is 29.6. The summed E-state index contributed by atoms with van der Waals surface area (Å²) in [5.74, 6) is 0.184. The van der Waals surface area contributed by atoms with E-state index >= 15 is 0 Å². The Hall–Kier alpha value is -2.87. The highest BCUT2D eigenvalue weighted by molar-refractivity contribution is 6.01. The van der Waals surface area contributed by atoms with Crippen molar-refractivity contribution in [1.29, 1.82) is 0 Å². The quantitative estimate of drug-likeness (QED) is 0.866. The number of rotatable bonds is 3. The molecule has 2 aromatic rings. The third-order valence-electron chi connectivity index (χ3n) is 5.43. The van der Waals surface area contributed by atoms with Crippen molar-refractivity contribution < 1.29 is 14.3 Å². The van der Waals surface area contributed by atoms with Gasteiger partial charge in [0.15, 0.2) is 0 Å². The molecule has 0 radical (unpaired) electrons. The van der Waals surface area contributed by atoms with Crippen molar-refractivity contribution in [2.45, 2.75) is 18.4 Å². The molecule has 28 heavy (non-hydrogen) atoms. The molecule has 2 amide bonds. The van der Waals surface area contributed by atoms with Crippen LogP contribution in [0.3, 0.4) is 0 Å². The number of likely N-dealkylation sites (tertiary alicyclic amines) is 1. The topological polar surface area (TPSA) is 79.7 Å². The summed E-state index contributed by atoms with van der Waals surface area (Å²) in [5, 5.41) is 6.86. The number of hydrogen-bond donors (Lipinski definition) is 1. The molecule has 8 heteroatoms. The lowest BCUT2D eigenvalue weighted by atomic mass is 9.90. The maximum Gasteiger partial charge on any atom is 0.258 e. The van der Waals surface area contributed by atoms with E-state index in [1.54, 1.807) is 35.1 Å². The number of amides is 2. The van der Waals surface area contributed by atoms with Gasteiger partial charge in [-0.25, -0.2) is 0 Å². The minimum Gasteiger partial charge on any atom is -0.484 e. The predicted octanol–water partition coefficient (Wildman–Crippen LogP) is 1.36. The van der Waals surface area contributed by atoms with Crippen LogP contribution in [0.5, 0.6) is 5.75 Å². The zero-order valence-corrected chi connectivity index (χ0v) is 16.2. The van der Waals surface area contributed by atoms with Crippen LogP contribution in [0.15, 0.2) is 36.7 Å². The van der Waals surface area contributed by atoms with E-state index < -0.39 is 5.60 Å². The molecular weight excluding hydrogens is 358 g/mol. The minimum absolute atomic E-state index is 0.0248. The summed E-state index contributed by atoms with van der Waals surface area (Å²) in [6.45, 7) is 2.16. The van der Waals surface area contributed by atoms with Crippen molar-refractivity contribution in [3.8, 4) is 5.75 Å². The Labute approximate surface area is 164 Å². The summed E-state index contributed by atoms with van der Waals surface area (Å²) < 4.78 is 8.02. The first-order valence-electron chi connectivity index (χ1n) is 9.48. The van der Waals surface area contributed by atoms with Crippen LogP contribution in [0.25, 0.3) is 0 Å². The van der Waals surface area contributed by atoms with Gasteiger partial charge < -0.3 is 19.9 Å². The van der Waals surface area contributed by atoms with Crippen LogP contribution in [0.2, 0.25) is 0 Å². The molecular formula is C20H25N5O3. The van der Waals surface area contributed by atoms with Gasteiger partial charge in [0.05, 0.1) is 24.0 Å². The first-order valence-corrected chi connectivity index (χ1v) is 9.48. The van der Waals surface area contributed by atoms with E-state index in [0.29, 0.717) is 23.5 Å². The van der Waals surface area contributed by atoms with Gasteiger partial charge in [0, 0.05) is 39.2 Å². The number of piperidine rings is 1. The van der Waals surface area contributed by atoms with Crippen LogP contribution in [-0.4, -0.2) is 70.2 Å². The second-order valence-electron chi connectivity index (χ2n) is 7.70. The molecule has 2 aliphatic rings. The van der Waals surface area contributed by atoms with Crippen LogP contribution in [0.1, 0.15) is 23.2 Å². The van der Waals surface area contributed by atoms with E-state index in [-0.39, 0.29) is 18.4 Å². The van der Waals surface area contributed by atoms with E-state index in [1.807, 2.05) is 18.2 Å². The van der Waals surface area contributed by atoms with Crippen molar-refractivity contribution in [2.24, 2.45) is 7.05 Å². The molecule has 1 saturated heterocycles. The fraction of sp³-hybridized carbons (Fsp3) is 0.450. The Kier molecular flexibility index (Phi) is 4.80. The Balaban J connectivity index is 1.58. The van der Waals surface area contributed by atoms with Gasteiger partial charge in [-0.3, -0.25) is 14.3 Å². The zero-order valence-electron chi connectivity index (χ0n) is 16.2. The van der Waals surface area contributed by atoms with Gasteiger partial charge in [0.1, 0.15) is 17.9 Å². The molecule has 2 aliphatic heterocycles. The lowest BCUT2D eigenvalue weighted by Gasteiger charge is -2.41. The molecule has 0 bridgehead atoms. The number of fused-ring (bicyclic) bond motifs is 1. The number of aryl methyl sites for hydroxylation is 1. The monoisotopic (exact) mass is 383 g/mol. The number of ether oxygens (including phenoxy) is 1. The molecule has 0 atom stereocenters. The number of para-hydroxylation sites is 1. The van der Waals surface area contributed by atoms with Crippen molar-refractivity contribution >= 4 is 17.5 Å². The molecule has 0 saturated carbocycles. The second kappa shape index (κ2) is 7.27.